The lowest BCUT2D eigenvalue weighted by molar-refractivity contribution is 0.499. The number of rotatable bonds is 2. The van der Waals surface area contributed by atoms with E-state index in [4.69, 9.17) is 0 Å². The average Bonchev–Trinajstić information content (AvgIpc) is 2.79. The maximum Gasteiger partial charge on any atom is 0.267 e. The summed E-state index contributed by atoms with van der Waals surface area (Å²) in [5.41, 5.74) is -0.0289. The Morgan fingerprint density at radius 3 is 3.11 bits per heavy atom. The number of fused-ring (bicyclic) bond motifs is 1. The van der Waals surface area contributed by atoms with Gasteiger partial charge in [-0.25, -0.2) is 4.98 Å². The monoisotopic (exact) mass is 357 g/mol. The van der Waals surface area contributed by atoms with E-state index >= 15 is 0 Å². The molecular formula is C11H12IN5O. The molecule has 0 radical (unpaired) electrons. The fourth-order valence-corrected chi connectivity index (χ4v) is 2.65. The third kappa shape index (κ3) is 2.06. The quantitative estimate of drug-likeness (QED) is 0.747. The van der Waals surface area contributed by atoms with E-state index in [1.807, 2.05) is 22.6 Å². The van der Waals surface area contributed by atoms with Crippen LogP contribution in [0, 0.1) is 3.57 Å². The van der Waals surface area contributed by atoms with Crippen molar-refractivity contribution in [1.29, 1.82) is 0 Å². The molecule has 0 atom stereocenters. The molecule has 3 rings (SSSR count). The van der Waals surface area contributed by atoms with Crippen molar-refractivity contribution in [3.8, 4) is 0 Å². The van der Waals surface area contributed by atoms with Gasteiger partial charge in [0.1, 0.15) is 5.82 Å². The zero-order valence-electron chi connectivity index (χ0n) is 9.71. The number of aryl methyl sites for hydroxylation is 1. The summed E-state index contributed by atoms with van der Waals surface area (Å²) in [5, 5.41) is 8.37. The number of aromatic nitrogens is 5. The molecule has 94 valence electrons. The van der Waals surface area contributed by atoms with Crippen molar-refractivity contribution in [2.45, 2.75) is 32.4 Å². The molecule has 2 aromatic rings. The molecule has 0 unspecified atom stereocenters. The van der Waals surface area contributed by atoms with Crippen LogP contribution in [0.4, 0.5) is 0 Å². The molecule has 0 bridgehead atoms. The molecular weight excluding hydrogens is 345 g/mol. The van der Waals surface area contributed by atoms with Gasteiger partial charge in [-0.15, -0.1) is 10.2 Å². The number of hydrogen-bond acceptors (Lipinski definition) is 4. The minimum Gasteiger partial charge on any atom is -0.313 e. The normalized spacial score (nSPS) is 14.5. The first-order chi connectivity index (χ1) is 8.75. The van der Waals surface area contributed by atoms with Crippen LogP contribution >= 0.6 is 22.6 Å². The highest BCUT2D eigenvalue weighted by atomic mass is 127. The summed E-state index contributed by atoms with van der Waals surface area (Å²) in [6, 6.07) is 0. The van der Waals surface area contributed by atoms with Gasteiger partial charge in [-0.1, -0.05) is 0 Å². The molecule has 0 spiro atoms. The van der Waals surface area contributed by atoms with Gasteiger partial charge < -0.3 is 4.57 Å². The molecule has 2 aromatic heterocycles. The fourth-order valence-electron chi connectivity index (χ4n) is 2.17. The van der Waals surface area contributed by atoms with Crippen LogP contribution in [-0.2, 0) is 19.5 Å². The van der Waals surface area contributed by atoms with Gasteiger partial charge in [0, 0.05) is 19.2 Å². The van der Waals surface area contributed by atoms with Crippen molar-refractivity contribution < 1.29 is 0 Å². The van der Waals surface area contributed by atoms with Crippen LogP contribution in [0.3, 0.4) is 0 Å². The fraction of sp³-hybridized carbons (Fsp3) is 0.455. The summed E-state index contributed by atoms with van der Waals surface area (Å²) in [5.74, 6) is 1.87. The van der Waals surface area contributed by atoms with Gasteiger partial charge in [0.2, 0.25) is 0 Å². The van der Waals surface area contributed by atoms with E-state index in [1.54, 1.807) is 17.1 Å². The van der Waals surface area contributed by atoms with Crippen LogP contribution in [0.2, 0.25) is 0 Å². The van der Waals surface area contributed by atoms with Crippen molar-refractivity contribution >= 4 is 22.6 Å². The van der Waals surface area contributed by atoms with Crippen molar-refractivity contribution in [2.75, 3.05) is 0 Å². The van der Waals surface area contributed by atoms with Crippen LogP contribution in [0.25, 0.3) is 0 Å². The Kier molecular flexibility index (Phi) is 3.14. The van der Waals surface area contributed by atoms with Gasteiger partial charge in [-0.3, -0.25) is 9.36 Å². The van der Waals surface area contributed by atoms with Crippen molar-refractivity contribution in [2.24, 2.45) is 0 Å². The minimum absolute atomic E-state index is 0.0289. The second-order valence-corrected chi connectivity index (χ2v) is 5.48. The lowest BCUT2D eigenvalue weighted by Gasteiger charge is -2.15. The average molecular weight is 357 g/mol. The first kappa shape index (κ1) is 11.8. The molecule has 7 heteroatoms. The maximum atomic E-state index is 11.9. The van der Waals surface area contributed by atoms with Gasteiger partial charge in [0.05, 0.1) is 16.4 Å². The summed E-state index contributed by atoms with van der Waals surface area (Å²) >= 11 is 2.00. The molecule has 0 saturated heterocycles. The summed E-state index contributed by atoms with van der Waals surface area (Å²) < 4.78 is 4.32. The van der Waals surface area contributed by atoms with E-state index < -0.39 is 0 Å². The van der Waals surface area contributed by atoms with Crippen LogP contribution in [0.1, 0.15) is 24.5 Å². The molecule has 3 heterocycles. The van der Waals surface area contributed by atoms with Crippen LogP contribution in [0.15, 0.2) is 17.3 Å². The predicted octanol–water partition coefficient (Wildman–Crippen LogP) is 0.824. The molecule has 0 amide bonds. The number of halogens is 1. The van der Waals surface area contributed by atoms with Gasteiger partial charge in [-0.05, 0) is 35.4 Å². The third-order valence-corrected chi connectivity index (χ3v) is 3.85. The van der Waals surface area contributed by atoms with Crippen LogP contribution in [-0.4, -0.2) is 24.3 Å². The summed E-state index contributed by atoms with van der Waals surface area (Å²) in [7, 11) is 0. The molecule has 1 aliphatic heterocycles. The second kappa shape index (κ2) is 4.79. The maximum absolute atomic E-state index is 11.9. The Bertz CT molecular complexity index is 633. The van der Waals surface area contributed by atoms with E-state index in [9.17, 15) is 4.79 Å². The SMILES string of the molecule is O=c1c(I)cncn1Cc1nnc2n1CCCC2. The van der Waals surface area contributed by atoms with Crippen LogP contribution in [0.5, 0.6) is 0 Å². The summed E-state index contributed by atoms with van der Waals surface area (Å²) in [4.78, 5) is 16.0. The Balaban J connectivity index is 1.95. The topological polar surface area (TPSA) is 65.6 Å². The molecule has 0 fully saturated rings. The standard InChI is InChI=1S/C11H12IN5O/c12-8-5-13-7-16(11(8)18)6-10-15-14-9-3-1-2-4-17(9)10/h5,7H,1-4,6H2. The molecule has 1 aliphatic rings. The summed E-state index contributed by atoms with van der Waals surface area (Å²) in [6.07, 6.45) is 6.42. The lowest BCUT2D eigenvalue weighted by atomic mass is 10.2. The molecule has 18 heavy (non-hydrogen) atoms. The Morgan fingerprint density at radius 2 is 2.22 bits per heavy atom. The number of nitrogens with zero attached hydrogens (tertiary/aromatic N) is 5. The van der Waals surface area contributed by atoms with Crippen molar-refractivity contribution in [3.05, 3.63) is 38.1 Å². The molecule has 6 nitrogen and oxygen atoms in total. The highest BCUT2D eigenvalue weighted by Gasteiger charge is 2.16. The van der Waals surface area contributed by atoms with E-state index in [-0.39, 0.29) is 5.56 Å². The largest absolute Gasteiger partial charge is 0.313 e. The Labute approximate surface area is 117 Å². The van der Waals surface area contributed by atoms with E-state index in [0.717, 1.165) is 31.0 Å². The predicted molar refractivity (Wildman–Crippen MR) is 73.3 cm³/mol. The third-order valence-electron chi connectivity index (χ3n) is 3.11. The van der Waals surface area contributed by atoms with Crippen molar-refractivity contribution in [3.63, 3.8) is 0 Å². The van der Waals surface area contributed by atoms with E-state index in [2.05, 4.69) is 19.7 Å². The van der Waals surface area contributed by atoms with Crippen LogP contribution < -0.4 is 5.56 Å². The molecule has 0 saturated carbocycles. The Morgan fingerprint density at radius 1 is 1.33 bits per heavy atom. The first-order valence-electron chi connectivity index (χ1n) is 5.86. The zero-order valence-corrected chi connectivity index (χ0v) is 11.9. The van der Waals surface area contributed by atoms with E-state index in [1.165, 1.54) is 6.42 Å². The lowest BCUT2D eigenvalue weighted by Crippen LogP contribution is -2.25. The van der Waals surface area contributed by atoms with Gasteiger partial charge in [0.15, 0.2) is 5.82 Å². The first-order valence-corrected chi connectivity index (χ1v) is 6.94. The van der Waals surface area contributed by atoms with Gasteiger partial charge in [0.25, 0.3) is 5.56 Å². The summed E-state index contributed by atoms with van der Waals surface area (Å²) in [6.45, 7) is 1.39. The van der Waals surface area contributed by atoms with Gasteiger partial charge >= 0.3 is 0 Å². The molecule has 0 aromatic carbocycles. The van der Waals surface area contributed by atoms with Crippen molar-refractivity contribution in [1.82, 2.24) is 24.3 Å². The minimum atomic E-state index is -0.0289. The Hall–Kier alpha value is -1.25. The number of hydrogen-bond donors (Lipinski definition) is 0. The highest BCUT2D eigenvalue weighted by Crippen LogP contribution is 2.14. The van der Waals surface area contributed by atoms with Gasteiger partial charge in [-0.2, -0.15) is 0 Å². The second-order valence-electron chi connectivity index (χ2n) is 4.32. The van der Waals surface area contributed by atoms with E-state index in [0.29, 0.717) is 10.1 Å². The molecule has 0 N–H and O–H groups in total. The highest BCUT2D eigenvalue weighted by molar-refractivity contribution is 14.1. The zero-order chi connectivity index (χ0) is 12.5. The molecule has 0 aliphatic carbocycles. The smallest absolute Gasteiger partial charge is 0.267 e.